The van der Waals surface area contributed by atoms with E-state index >= 15 is 0 Å². The first-order valence-electron chi connectivity index (χ1n) is 6.34. The number of nitrogens with one attached hydrogen (secondary N) is 1. The molecule has 7 heteroatoms. The predicted molar refractivity (Wildman–Crippen MR) is 66.1 cm³/mol. The second-order valence-electron chi connectivity index (χ2n) is 4.75. The molecule has 7 nitrogen and oxygen atoms in total. The highest BCUT2D eigenvalue weighted by molar-refractivity contribution is 5.88. The molecule has 1 fully saturated rings. The monoisotopic (exact) mass is 272 g/mol. The number of ether oxygens (including phenoxy) is 1. The van der Waals surface area contributed by atoms with Gasteiger partial charge in [-0.1, -0.05) is 0 Å². The first-order valence-corrected chi connectivity index (χ1v) is 6.34. The van der Waals surface area contributed by atoms with E-state index in [0.29, 0.717) is 6.61 Å². The van der Waals surface area contributed by atoms with Gasteiger partial charge in [0, 0.05) is 13.0 Å². The Morgan fingerprint density at radius 1 is 1.42 bits per heavy atom. The van der Waals surface area contributed by atoms with Gasteiger partial charge in [-0.05, 0) is 25.7 Å². The lowest BCUT2D eigenvalue weighted by Crippen LogP contribution is -2.45. The van der Waals surface area contributed by atoms with Gasteiger partial charge < -0.3 is 20.9 Å². The zero-order valence-electron chi connectivity index (χ0n) is 10.9. The Kier molecular flexibility index (Phi) is 5.75. The molecule has 0 aliphatic heterocycles. The van der Waals surface area contributed by atoms with Crippen LogP contribution in [0, 0.1) is 5.92 Å². The summed E-state index contributed by atoms with van der Waals surface area (Å²) in [6.07, 6.45) is 1.70. The molecule has 0 aromatic heterocycles. The molecule has 0 bridgehead atoms. The topological polar surface area (TPSA) is 119 Å². The van der Waals surface area contributed by atoms with Crippen LogP contribution in [0.5, 0.6) is 0 Å². The number of hydrogen-bond acceptors (Lipinski definition) is 4. The third-order valence-electron chi connectivity index (χ3n) is 3.11. The number of aliphatic carboxylic acids is 1. The molecule has 1 aliphatic carbocycles. The molecule has 108 valence electrons. The number of carboxylic acid groups (broad SMARTS) is 1. The summed E-state index contributed by atoms with van der Waals surface area (Å²) in [7, 11) is 0. The Hall–Kier alpha value is -1.63. The second-order valence-corrected chi connectivity index (χ2v) is 4.75. The number of amides is 2. The zero-order valence-corrected chi connectivity index (χ0v) is 10.9. The van der Waals surface area contributed by atoms with E-state index in [-0.39, 0.29) is 24.3 Å². The van der Waals surface area contributed by atoms with Crippen LogP contribution in [0.1, 0.15) is 32.6 Å². The fraction of sp³-hybridized carbons (Fsp3) is 0.750. The Balaban J connectivity index is 2.30. The normalized spacial score (nSPS) is 23.2. The highest BCUT2D eigenvalue weighted by Gasteiger charge is 2.32. The molecule has 1 atom stereocenters. The summed E-state index contributed by atoms with van der Waals surface area (Å²) in [5.41, 5.74) is 4.93. The quantitative estimate of drug-likeness (QED) is 0.557. The third kappa shape index (κ3) is 5.25. The minimum absolute atomic E-state index is 0.212. The van der Waals surface area contributed by atoms with Crippen LogP contribution in [0.2, 0.25) is 0 Å². The molecule has 4 N–H and O–H groups in total. The van der Waals surface area contributed by atoms with E-state index in [2.05, 4.69) is 5.32 Å². The number of rotatable bonds is 8. The van der Waals surface area contributed by atoms with Crippen molar-refractivity contribution in [3.63, 3.8) is 0 Å². The van der Waals surface area contributed by atoms with Gasteiger partial charge in [-0.3, -0.25) is 9.59 Å². The SMILES string of the molecule is CCOC1CC(CC(=O)N[C@@H](CC(N)=O)C(=O)O)C1. The molecule has 1 rings (SSSR count). The third-order valence-corrected chi connectivity index (χ3v) is 3.11. The number of hydrogen-bond donors (Lipinski definition) is 3. The van der Waals surface area contributed by atoms with E-state index < -0.39 is 24.3 Å². The van der Waals surface area contributed by atoms with Crippen LogP contribution in [-0.4, -0.2) is 41.6 Å². The summed E-state index contributed by atoms with van der Waals surface area (Å²) < 4.78 is 5.37. The molecule has 0 saturated heterocycles. The van der Waals surface area contributed by atoms with Gasteiger partial charge in [0.2, 0.25) is 11.8 Å². The number of carboxylic acids is 1. The van der Waals surface area contributed by atoms with E-state index in [1.165, 1.54) is 0 Å². The maximum Gasteiger partial charge on any atom is 0.326 e. The van der Waals surface area contributed by atoms with Gasteiger partial charge >= 0.3 is 5.97 Å². The minimum Gasteiger partial charge on any atom is -0.480 e. The fourth-order valence-corrected chi connectivity index (χ4v) is 2.13. The maximum atomic E-state index is 11.6. The average Bonchev–Trinajstić information content (AvgIpc) is 2.24. The first-order chi connectivity index (χ1) is 8.92. The Morgan fingerprint density at radius 3 is 2.53 bits per heavy atom. The summed E-state index contributed by atoms with van der Waals surface area (Å²) in [5.74, 6) is -2.16. The van der Waals surface area contributed by atoms with E-state index in [9.17, 15) is 14.4 Å². The lowest BCUT2D eigenvalue weighted by atomic mass is 9.80. The summed E-state index contributed by atoms with van der Waals surface area (Å²) in [6, 6.07) is -1.24. The Bertz CT molecular complexity index is 352. The van der Waals surface area contributed by atoms with E-state index in [1.807, 2.05) is 6.92 Å². The predicted octanol–water partition coefficient (Wildman–Crippen LogP) is -0.364. The summed E-state index contributed by atoms with van der Waals surface area (Å²) in [4.78, 5) is 33.2. The van der Waals surface area contributed by atoms with Crippen molar-refractivity contribution in [1.29, 1.82) is 0 Å². The smallest absolute Gasteiger partial charge is 0.326 e. The van der Waals surface area contributed by atoms with Crippen LogP contribution in [0.3, 0.4) is 0 Å². The molecular formula is C12H20N2O5. The lowest BCUT2D eigenvalue weighted by Gasteiger charge is -2.34. The fourth-order valence-electron chi connectivity index (χ4n) is 2.13. The van der Waals surface area contributed by atoms with Gasteiger partial charge in [-0.25, -0.2) is 4.79 Å². The average molecular weight is 272 g/mol. The van der Waals surface area contributed by atoms with Gasteiger partial charge in [0.15, 0.2) is 0 Å². The molecular weight excluding hydrogens is 252 g/mol. The molecule has 1 saturated carbocycles. The van der Waals surface area contributed by atoms with E-state index in [1.54, 1.807) is 0 Å². The molecule has 1 aliphatic rings. The summed E-state index contributed by atoms with van der Waals surface area (Å²) >= 11 is 0. The van der Waals surface area contributed by atoms with Crippen molar-refractivity contribution in [1.82, 2.24) is 5.32 Å². The maximum absolute atomic E-state index is 11.6. The van der Waals surface area contributed by atoms with Crippen LogP contribution >= 0.6 is 0 Å². The van der Waals surface area contributed by atoms with Gasteiger partial charge in [0.05, 0.1) is 12.5 Å². The molecule has 0 heterocycles. The zero-order chi connectivity index (χ0) is 14.4. The molecule has 0 aromatic carbocycles. The molecule has 19 heavy (non-hydrogen) atoms. The van der Waals surface area contributed by atoms with Crippen molar-refractivity contribution in [3.8, 4) is 0 Å². The van der Waals surface area contributed by atoms with Crippen LogP contribution < -0.4 is 11.1 Å². The van der Waals surface area contributed by atoms with Crippen LogP contribution in [-0.2, 0) is 19.1 Å². The summed E-state index contributed by atoms with van der Waals surface area (Å²) in [6.45, 7) is 2.57. The van der Waals surface area contributed by atoms with Gasteiger partial charge in [0.25, 0.3) is 0 Å². The molecule has 0 aromatic rings. The van der Waals surface area contributed by atoms with E-state index in [4.69, 9.17) is 15.6 Å². The highest BCUT2D eigenvalue weighted by atomic mass is 16.5. The second kappa shape index (κ2) is 7.08. The van der Waals surface area contributed by atoms with Crippen molar-refractivity contribution in [2.45, 2.75) is 44.8 Å². The van der Waals surface area contributed by atoms with Gasteiger partial charge in [-0.2, -0.15) is 0 Å². The van der Waals surface area contributed by atoms with Crippen LogP contribution in [0.15, 0.2) is 0 Å². The Labute approximate surface area is 111 Å². The van der Waals surface area contributed by atoms with Crippen molar-refractivity contribution in [2.24, 2.45) is 11.7 Å². The lowest BCUT2D eigenvalue weighted by molar-refractivity contribution is -0.143. The van der Waals surface area contributed by atoms with Crippen molar-refractivity contribution in [3.05, 3.63) is 0 Å². The highest BCUT2D eigenvalue weighted by Crippen LogP contribution is 2.32. The molecule has 0 spiro atoms. The Morgan fingerprint density at radius 2 is 2.05 bits per heavy atom. The largest absolute Gasteiger partial charge is 0.480 e. The van der Waals surface area contributed by atoms with E-state index in [0.717, 1.165) is 12.8 Å². The van der Waals surface area contributed by atoms with Crippen LogP contribution in [0.4, 0.5) is 0 Å². The summed E-state index contributed by atoms with van der Waals surface area (Å²) in [5, 5.41) is 11.2. The van der Waals surface area contributed by atoms with Crippen molar-refractivity contribution in [2.75, 3.05) is 6.61 Å². The van der Waals surface area contributed by atoms with Crippen molar-refractivity contribution >= 4 is 17.8 Å². The van der Waals surface area contributed by atoms with Gasteiger partial charge in [-0.15, -0.1) is 0 Å². The minimum atomic E-state index is -1.26. The molecule has 0 unspecified atom stereocenters. The number of primary amides is 1. The number of carbonyl (C=O) groups excluding carboxylic acids is 2. The molecule has 0 radical (unpaired) electrons. The van der Waals surface area contributed by atoms with Gasteiger partial charge in [0.1, 0.15) is 6.04 Å². The number of nitrogens with two attached hydrogens (primary N) is 1. The van der Waals surface area contributed by atoms with Crippen LogP contribution in [0.25, 0.3) is 0 Å². The standard InChI is InChI=1S/C12H20N2O5/c1-2-19-8-3-7(4-8)5-11(16)14-9(12(17)18)6-10(13)15/h7-9H,2-6H2,1H3,(H2,13,15)(H,14,16)(H,17,18)/t7?,8?,9-/m0/s1. The van der Waals surface area contributed by atoms with Crippen molar-refractivity contribution < 1.29 is 24.2 Å². The number of carbonyl (C=O) groups is 3. The molecule has 2 amide bonds. The first kappa shape index (κ1) is 15.4.